The first kappa shape index (κ1) is 22.7. The average molecular weight is 422 g/mol. The van der Waals surface area contributed by atoms with E-state index in [1.54, 1.807) is 20.1 Å². The first-order chi connectivity index (χ1) is 14.9. The van der Waals surface area contributed by atoms with Crippen LogP contribution in [0.15, 0.2) is 56.9 Å². The van der Waals surface area contributed by atoms with Gasteiger partial charge in [-0.1, -0.05) is 18.5 Å². The van der Waals surface area contributed by atoms with Crippen molar-refractivity contribution in [2.75, 3.05) is 0 Å². The molecule has 6 nitrogen and oxygen atoms in total. The Labute approximate surface area is 184 Å². The van der Waals surface area contributed by atoms with E-state index in [-0.39, 0.29) is 5.78 Å². The molecule has 0 radical (unpaired) electrons. The summed E-state index contributed by atoms with van der Waals surface area (Å²) in [4.78, 5) is 19.9. The molecule has 164 valence electrons. The quantitative estimate of drug-likeness (QED) is 0.448. The van der Waals surface area contributed by atoms with Crippen LogP contribution in [0.2, 0.25) is 0 Å². The molecule has 1 aliphatic heterocycles. The van der Waals surface area contributed by atoms with E-state index in [0.29, 0.717) is 24.1 Å². The third-order valence-electron chi connectivity index (χ3n) is 5.56. The maximum absolute atomic E-state index is 11.1. The number of Topliss-reactive ketones (excluding diaryl/α,β-unsaturated/α-hetero) is 1. The summed E-state index contributed by atoms with van der Waals surface area (Å²) < 4.78 is 11.1. The molecule has 2 heterocycles. The van der Waals surface area contributed by atoms with Crippen molar-refractivity contribution in [1.82, 2.24) is 10.1 Å². The molecular weight excluding hydrogens is 390 g/mol. The van der Waals surface area contributed by atoms with Crippen LogP contribution in [-0.4, -0.2) is 22.1 Å². The van der Waals surface area contributed by atoms with Crippen molar-refractivity contribution in [3.05, 3.63) is 53.3 Å². The lowest BCUT2D eigenvalue weighted by Crippen LogP contribution is -2.06. The van der Waals surface area contributed by atoms with Crippen LogP contribution in [-0.2, 0) is 4.79 Å². The van der Waals surface area contributed by atoms with Crippen molar-refractivity contribution in [2.24, 2.45) is 10.9 Å². The van der Waals surface area contributed by atoms with Gasteiger partial charge in [-0.25, -0.2) is 0 Å². The number of aryl methyl sites for hydroxylation is 1. The molecule has 1 atom stereocenters. The predicted molar refractivity (Wildman–Crippen MR) is 122 cm³/mol. The van der Waals surface area contributed by atoms with Crippen LogP contribution in [0, 0.1) is 12.8 Å². The van der Waals surface area contributed by atoms with E-state index < -0.39 is 0 Å². The summed E-state index contributed by atoms with van der Waals surface area (Å²) in [5.41, 5.74) is 3.42. The predicted octanol–water partition coefficient (Wildman–Crippen LogP) is 6.23. The molecule has 1 unspecified atom stereocenters. The van der Waals surface area contributed by atoms with Crippen molar-refractivity contribution < 1.29 is 14.1 Å². The highest BCUT2D eigenvalue weighted by Crippen LogP contribution is 2.28. The summed E-state index contributed by atoms with van der Waals surface area (Å²) in [5, 5.41) is 3.94. The monoisotopic (exact) mass is 421 g/mol. The molecule has 0 saturated carbocycles. The molecule has 1 aromatic carbocycles. The van der Waals surface area contributed by atoms with Crippen molar-refractivity contribution in [3.63, 3.8) is 0 Å². The zero-order valence-electron chi connectivity index (χ0n) is 18.9. The second-order valence-electron chi connectivity index (χ2n) is 8.24. The number of ether oxygens (including phenoxy) is 1. The van der Waals surface area contributed by atoms with Gasteiger partial charge in [0, 0.05) is 25.1 Å². The highest BCUT2D eigenvalue weighted by atomic mass is 16.5. The number of rotatable bonds is 9. The van der Waals surface area contributed by atoms with E-state index in [1.165, 1.54) is 11.1 Å². The molecule has 0 spiro atoms. The van der Waals surface area contributed by atoms with Crippen LogP contribution < -0.4 is 4.74 Å². The van der Waals surface area contributed by atoms with Crippen molar-refractivity contribution >= 4 is 12.0 Å². The standard InChI is InChI=1S/C25H31N3O3/c1-17(7-5-6-8-19(3)29)22-10-9-18(2)24(16-26-15-22)30-23-13-11-21(12-14-23)25-27-20(4)31-28-25/h11-17H,5-10H2,1-4H3. The second kappa shape index (κ2) is 10.8. The minimum absolute atomic E-state index is 0.273. The SMILES string of the molecule is CC(=O)CCCCC(C)C1=CN=CC(Oc2ccc(-c3noc(C)n3)cc2)=C(C)CC1. The normalized spacial score (nSPS) is 15.3. The van der Waals surface area contributed by atoms with E-state index >= 15 is 0 Å². The maximum atomic E-state index is 11.1. The Morgan fingerprint density at radius 2 is 1.94 bits per heavy atom. The van der Waals surface area contributed by atoms with Crippen LogP contribution in [0.4, 0.5) is 0 Å². The van der Waals surface area contributed by atoms with Gasteiger partial charge >= 0.3 is 0 Å². The van der Waals surface area contributed by atoms with E-state index in [0.717, 1.165) is 49.2 Å². The van der Waals surface area contributed by atoms with E-state index in [1.807, 2.05) is 30.5 Å². The Morgan fingerprint density at radius 1 is 1.16 bits per heavy atom. The summed E-state index contributed by atoms with van der Waals surface area (Å²) >= 11 is 0. The Kier molecular flexibility index (Phi) is 7.93. The van der Waals surface area contributed by atoms with Crippen LogP contribution in [0.25, 0.3) is 11.4 Å². The van der Waals surface area contributed by atoms with Crippen LogP contribution in [0.1, 0.15) is 65.2 Å². The average Bonchev–Trinajstić information content (AvgIpc) is 3.17. The number of aliphatic imine (C=N–C) groups is 1. The van der Waals surface area contributed by atoms with Crippen molar-refractivity contribution in [3.8, 4) is 17.1 Å². The molecule has 6 heteroatoms. The molecule has 0 amide bonds. The molecule has 0 bridgehead atoms. The molecule has 1 aliphatic rings. The first-order valence-corrected chi connectivity index (χ1v) is 10.9. The number of carbonyl (C=O) groups is 1. The zero-order valence-corrected chi connectivity index (χ0v) is 18.9. The number of unbranched alkanes of at least 4 members (excludes halogenated alkanes) is 1. The fraction of sp³-hybridized carbons (Fsp3) is 0.440. The summed E-state index contributed by atoms with van der Waals surface area (Å²) in [5.74, 6) is 3.39. The summed E-state index contributed by atoms with van der Waals surface area (Å²) in [6.45, 7) is 7.78. The Morgan fingerprint density at radius 3 is 2.61 bits per heavy atom. The molecule has 3 rings (SSSR count). The number of hydrogen-bond acceptors (Lipinski definition) is 6. The van der Waals surface area contributed by atoms with Crippen molar-refractivity contribution in [1.29, 1.82) is 0 Å². The highest BCUT2D eigenvalue weighted by molar-refractivity contribution is 5.78. The lowest BCUT2D eigenvalue weighted by Gasteiger charge is -2.18. The molecule has 0 fully saturated rings. The number of aromatic nitrogens is 2. The van der Waals surface area contributed by atoms with Gasteiger partial charge < -0.3 is 14.1 Å². The Bertz CT molecular complexity index is 984. The van der Waals surface area contributed by atoms with Gasteiger partial charge in [0.25, 0.3) is 0 Å². The van der Waals surface area contributed by atoms with Gasteiger partial charge in [0.15, 0.2) is 0 Å². The highest BCUT2D eigenvalue weighted by Gasteiger charge is 2.13. The van der Waals surface area contributed by atoms with Crippen LogP contribution >= 0.6 is 0 Å². The van der Waals surface area contributed by atoms with Crippen molar-refractivity contribution in [2.45, 2.75) is 66.2 Å². The number of nitrogens with zero attached hydrogens (tertiary/aromatic N) is 3. The third-order valence-corrected chi connectivity index (χ3v) is 5.56. The van der Waals surface area contributed by atoms with E-state index in [4.69, 9.17) is 9.26 Å². The van der Waals surface area contributed by atoms with Crippen LogP contribution in [0.3, 0.4) is 0 Å². The summed E-state index contributed by atoms with van der Waals surface area (Å²) in [6.07, 6.45) is 9.50. The number of ketones is 1. The zero-order chi connectivity index (χ0) is 22.2. The third kappa shape index (κ3) is 6.74. The minimum Gasteiger partial charge on any atom is -0.456 e. The topological polar surface area (TPSA) is 77.6 Å². The lowest BCUT2D eigenvalue weighted by atomic mass is 9.90. The fourth-order valence-electron chi connectivity index (χ4n) is 3.54. The van der Waals surface area contributed by atoms with Gasteiger partial charge in [0.05, 0.1) is 6.21 Å². The summed E-state index contributed by atoms with van der Waals surface area (Å²) in [6, 6.07) is 7.64. The number of benzene rings is 1. The molecule has 0 N–H and O–H groups in total. The molecule has 31 heavy (non-hydrogen) atoms. The smallest absolute Gasteiger partial charge is 0.223 e. The molecule has 2 aromatic rings. The second-order valence-corrected chi connectivity index (χ2v) is 8.24. The van der Waals surface area contributed by atoms with Gasteiger partial charge in [0.2, 0.25) is 11.7 Å². The van der Waals surface area contributed by atoms with Gasteiger partial charge in [-0.3, -0.25) is 4.99 Å². The number of allylic oxidation sites excluding steroid dienone is 3. The first-order valence-electron chi connectivity index (χ1n) is 10.9. The van der Waals surface area contributed by atoms with Gasteiger partial charge in [-0.15, -0.1) is 0 Å². The number of hydrogen-bond donors (Lipinski definition) is 0. The lowest BCUT2D eigenvalue weighted by molar-refractivity contribution is -0.117. The molecule has 1 aromatic heterocycles. The van der Waals surface area contributed by atoms with Gasteiger partial charge in [0.1, 0.15) is 17.3 Å². The van der Waals surface area contributed by atoms with E-state index in [2.05, 4.69) is 29.0 Å². The van der Waals surface area contributed by atoms with Crippen LogP contribution in [0.5, 0.6) is 5.75 Å². The van der Waals surface area contributed by atoms with Gasteiger partial charge in [-0.05, 0) is 80.9 Å². The maximum Gasteiger partial charge on any atom is 0.223 e. The Hall–Kier alpha value is -3.02. The summed E-state index contributed by atoms with van der Waals surface area (Å²) in [7, 11) is 0. The number of carbonyl (C=O) groups excluding carboxylic acids is 1. The Balaban J connectivity index is 1.59. The molecule has 0 aliphatic carbocycles. The van der Waals surface area contributed by atoms with Gasteiger partial charge in [-0.2, -0.15) is 4.98 Å². The van der Waals surface area contributed by atoms with E-state index in [9.17, 15) is 4.79 Å². The minimum atomic E-state index is 0.273. The molecule has 0 saturated heterocycles. The molecular formula is C25H31N3O3. The fourth-order valence-corrected chi connectivity index (χ4v) is 3.54. The largest absolute Gasteiger partial charge is 0.456 e.